The van der Waals surface area contributed by atoms with Crippen LogP contribution in [0.25, 0.3) is 0 Å². The lowest BCUT2D eigenvalue weighted by Gasteiger charge is -2.18. The number of hydrogen-bond donors (Lipinski definition) is 2. The molecular weight excluding hydrogens is 335 g/mol. The van der Waals surface area contributed by atoms with Crippen LogP contribution < -0.4 is 14.8 Å². The smallest absolute Gasteiger partial charge is 0.262 e. The zero-order valence-corrected chi connectivity index (χ0v) is 13.4. The standard InChI is InChI=1S/C16H15FN2O4S/c17-12-3-1-11(2-4-12)7-8-18-24(21,22)13-5-6-15-14(9-13)19-16(20)10-23-15/h1-6,9,18H,7-8,10H2,(H,19,20). The molecule has 0 aliphatic carbocycles. The van der Waals surface area contributed by atoms with Crippen LogP contribution in [0.5, 0.6) is 5.75 Å². The second-order valence-electron chi connectivity index (χ2n) is 5.27. The maximum absolute atomic E-state index is 12.8. The summed E-state index contributed by atoms with van der Waals surface area (Å²) in [6, 6.07) is 10.1. The number of benzene rings is 2. The van der Waals surface area contributed by atoms with E-state index in [4.69, 9.17) is 4.74 Å². The second-order valence-corrected chi connectivity index (χ2v) is 7.04. The molecule has 0 saturated carbocycles. The molecule has 0 bridgehead atoms. The molecule has 0 fully saturated rings. The van der Waals surface area contributed by atoms with Crippen molar-refractivity contribution in [1.29, 1.82) is 0 Å². The summed E-state index contributed by atoms with van der Waals surface area (Å²) in [7, 11) is -3.72. The highest BCUT2D eigenvalue weighted by Gasteiger charge is 2.20. The van der Waals surface area contributed by atoms with Gasteiger partial charge in [-0.15, -0.1) is 0 Å². The minimum atomic E-state index is -3.72. The maximum atomic E-state index is 12.8. The van der Waals surface area contributed by atoms with Crippen LogP contribution >= 0.6 is 0 Å². The fourth-order valence-electron chi connectivity index (χ4n) is 2.29. The zero-order chi connectivity index (χ0) is 17.2. The molecule has 0 radical (unpaired) electrons. The molecular formula is C16H15FN2O4S. The third-order valence-corrected chi connectivity index (χ3v) is 4.97. The van der Waals surface area contributed by atoms with Crippen LogP contribution in [0.3, 0.4) is 0 Å². The molecule has 1 aliphatic rings. The van der Waals surface area contributed by atoms with E-state index in [0.29, 0.717) is 17.9 Å². The number of anilines is 1. The minimum absolute atomic E-state index is 0.0335. The van der Waals surface area contributed by atoms with Crippen molar-refractivity contribution in [3.8, 4) is 5.75 Å². The molecule has 0 spiro atoms. The first-order valence-electron chi connectivity index (χ1n) is 7.25. The number of carbonyl (C=O) groups is 1. The number of hydrogen-bond acceptors (Lipinski definition) is 4. The Hall–Kier alpha value is -2.45. The highest BCUT2D eigenvalue weighted by Crippen LogP contribution is 2.29. The topological polar surface area (TPSA) is 84.5 Å². The van der Waals surface area contributed by atoms with E-state index in [-0.39, 0.29) is 29.8 Å². The lowest BCUT2D eigenvalue weighted by atomic mass is 10.1. The largest absolute Gasteiger partial charge is 0.482 e. The van der Waals surface area contributed by atoms with Crippen LogP contribution in [-0.2, 0) is 21.2 Å². The van der Waals surface area contributed by atoms with Gasteiger partial charge in [-0.2, -0.15) is 0 Å². The van der Waals surface area contributed by atoms with Crippen molar-refractivity contribution in [3.05, 3.63) is 53.8 Å². The summed E-state index contributed by atoms with van der Waals surface area (Å²) in [5.74, 6) is -0.237. The van der Waals surface area contributed by atoms with E-state index < -0.39 is 10.0 Å². The van der Waals surface area contributed by atoms with Crippen LogP contribution in [0.2, 0.25) is 0 Å². The molecule has 0 unspecified atom stereocenters. The van der Waals surface area contributed by atoms with Crippen molar-refractivity contribution in [2.24, 2.45) is 0 Å². The number of sulfonamides is 1. The first-order valence-corrected chi connectivity index (χ1v) is 8.73. The van der Waals surface area contributed by atoms with Crippen molar-refractivity contribution in [2.45, 2.75) is 11.3 Å². The van der Waals surface area contributed by atoms with Gasteiger partial charge in [0.25, 0.3) is 5.91 Å². The van der Waals surface area contributed by atoms with Gasteiger partial charge in [0, 0.05) is 6.54 Å². The van der Waals surface area contributed by atoms with Gasteiger partial charge in [-0.3, -0.25) is 4.79 Å². The predicted molar refractivity (Wildman–Crippen MR) is 85.9 cm³/mol. The summed E-state index contributed by atoms with van der Waals surface area (Å²) < 4.78 is 45.1. The van der Waals surface area contributed by atoms with Gasteiger partial charge in [0.05, 0.1) is 10.6 Å². The van der Waals surface area contributed by atoms with Gasteiger partial charge in [0.1, 0.15) is 11.6 Å². The predicted octanol–water partition coefficient (Wildman–Crippen LogP) is 1.68. The molecule has 2 aromatic carbocycles. The Kier molecular flexibility index (Phi) is 4.50. The Morgan fingerprint density at radius 3 is 2.67 bits per heavy atom. The summed E-state index contributed by atoms with van der Waals surface area (Å²) in [6.07, 6.45) is 0.435. The fourth-order valence-corrected chi connectivity index (χ4v) is 3.35. The molecule has 1 heterocycles. The lowest BCUT2D eigenvalue weighted by Crippen LogP contribution is -2.28. The molecule has 0 saturated heterocycles. The van der Waals surface area contributed by atoms with E-state index in [1.165, 1.54) is 30.3 Å². The highest BCUT2D eigenvalue weighted by atomic mass is 32.2. The van der Waals surface area contributed by atoms with E-state index in [2.05, 4.69) is 10.0 Å². The number of rotatable bonds is 5. The molecule has 2 N–H and O–H groups in total. The first kappa shape index (κ1) is 16.4. The second kappa shape index (κ2) is 6.58. The van der Waals surface area contributed by atoms with Gasteiger partial charge in [0.15, 0.2) is 6.61 Å². The molecule has 1 aliphatic heterocycles. The van der Waals surface area contributed by atoms with E-state index in [1.807, 2.05) is 0 Å². The lowest BCUT2D eigenvalue weighted by molar-refractivity contribution is -0.118. The van der Waals surface area contributed by atoms with Crippen LogP contribution in [-0.4, -0.2) is 27.5 Å². The molecule has 126 valence electrons. The highest BCUT2D eigenvalue weighted by molar-refractivity contribution is 7.89. The number of halogens is 1. The van der Waals surface area contributed by atoms with Gasteiger partial charge in [0.2, 0.25) is 10.0 Å². The summed E-state index contributed by atoms with van der Waals surface area (Å²) in [6.45, 7) is 0.0862. The SMILES string of the molecule is O=C1COc2ccc(S(=O)(=O)NCCc3ccc(F)cc3)cc2N1. The van der Waals surface area contributed by atoms with E-state index in [0.717, 1.165) is 5.56 Å². The quantitative estimate of drug-likeness (QED) is 0.859. The van der Waals surface area contributed by atoms with Crippen LogP contribution in [0.1, 0.15) is 5.56 Å². The van der Waals surface area contributed by atoms with E-state index in [1.54, 1.807) is 12.1 Å². The van der Waals surface area contributed by atoms with Crippen molar-refractivity contribution in [3.63, 3.8) is 0 Å². The van der Waals surface area contributed by atoms with Crippen LogP contribution in [0, 0.1) is 5.82 Å². The summed E-state index contributed by atoms with van der Waals surface area (Å²) in [4.78, 5) is 11.3. The van der Waals surface area contributed by atoms with Crippen molar-refractivity contribution in [2.75, 3.05) is 18.5 Å². The van der Waals surface area contributed by atoms with Gasteiger partial charge >= 0.3 is 0 Å². The van der Waals surface area contributed by atoms with Gasteiger partial charge in [-0.05, 0) is 42.3 Å². The number of carbonyl (C=O) groups excluding carboxylic acids is 1. The Morgan fingerprint density at radius 2 is 1.92 bits per heavy atom. The molecule has 0 aromatic heterocycles. The molecule has 6 nitrogen and oxygen atoms in total. The van der Waals surface area contributed by atoms with E-state index >= 15 is 0 Å². The Balaban J connectivity index is 1.68. The Morgan fingerprint density at radius 1 is 1.17 bits per heavy atom. The average Bonchev–Trinajstić information content (AvgIpc) is 2.56. The normalized spacial score (nSPS) is 13.8. The molecule has 3 rings (SSSR count). The summed E-state index contributed by atoms with van der Waals surface area (Å²) in [5.41, 5.74) is 1.15. The summed E-state index contributed by atoms with van der Waals surface area (Å²) in [5, 5.41) is 2.57. The Bertz CT molecular complexity index is 866. The number of nitrogens with one attached hydrogen (secondary N) is 2. The van der Waals surface area contributed by atoms with Crippen molar-refractivity contribution in [1.82, 2.24) is 4.72 Å². The number of ether oxygens (including phenoxy) is 1. The number of fused-ring (bicyclic) bond motifs is 1. The fraction of sp³-hybridized carbons (Fsp3) is 0.188. The summed E-state index contributed by atoms with van der Waals surface area (Å²) >= 11 is 0. The van der Waals surface area contributed by atoms with E-state index in [9.17, 15) is 17.6 Å². The van der Waals surface area contributed by atoms with Crippen molar-refractivity contribution < 1.29 is 22.3 Å². The molecule has 1 amide bonds. The maximum Gasteiger partial charge on any atom is 0.262 e. The molecule has 2 aromatic rings. The first-order chi connectivity index (χ1) is 11.4. The van der Waals surface area contributed by atoms with Gasteiger partial charge < -0.3 is 10.1 Å². The third kappa shape index (κ3) is 3.72. The average molecular weight is 350 g/mol. The Labute approximate surface area is 138 Å². The monoisotopic (exact) mass is 350 g/mol. The van der Waals surface area contributed by atoms with Crippen molar-refractivity contribution >= 4 is 21.6 Å². The van der Waals surface area contributed by atoms with Crippen LogP contribution in [0.15, 0.2) is 47.4 Å². The number of amides is 1. The van der Waals surface area contributed by atoms with Crippen LogP contribution in [0.4, 0.5) is 10.1 Å². The molecule has 8 heteroatoms. The molecule has 0 atom stereocenters. The van der Waals surface area contributed by atoms with Gasteiger partial charge in [-0.25, -0.2) is 17.5 Å². The zero-order valence-electron chi connectivity index (χ0n) is 12.6. The third-order valence-electron chi connectivity index (χ3n) is 3.51. The molecule has 24 heavy (non-hydrogen) atoms. The van der Waals surface area contributed by atoms with Gasteiger partial charge in [-0.1, -0.05) is 12.1 Å². The minimum Gasteiger partial charge on any atom is -0.482 e.